The van der Waals surface area contributed by atoms with Gasteiger partial charge in [0.2, 0.25) is 5.95 Å². The molecule has 0 saturated heterocycles. The summed E-state index contributed by atoms with van der Waals surface area (Å²) in [6.45, 7) is 5.99. The molecule has 0 spiro atoms. The molecule has 0 aliphatic carbocycles. The van der Waals surface area contributed by atoms with Crippen LogP contribution < -0.4 is 15.4 Å². The normalized spacial score (nSPS) is 12.4. The standard InChI is InChI=1S/C20H26N6O3/c1-20(2,3)16-10-18(26-25-16)23-17-7-8-21-19(24-17)22-13-5-4-6-15(9-13)29-12-14(28)11-27/h4-10,14,27-28H,11-12H2,1-3H3,(H3,21,22,23,24,25,26). The number of hydrogen-bond donors (Lipinski definition) is 5. The summed E-state index contributed by atoms with van der Waals surface area (Å²) in [5, 5.41) is 31.8. The average Bonchev–Trinajstić information content (AvgIpc) is 3.16. The molecule has 0 radical (unpaired) electrons. The van der Waals surface area contributed by atoms with Crippen LogP contribution in [0.5, 0.6) is 5.75 Å². The highest BCUT2D eigenvalue weighted by atomic mass is 16.5. The van der Waals surface area contributed by atoms with Crippen molar-refractivity contribution in [2.45, 2.75) is 32.3 Å². The van der Waals surface area contributed by atoms with E-state index in [1.165, 1.54) is 0 Å². The predicted molar refractivity (Wildman–Crippen MR) is 111 cm³/mol. The van der Waals surface area contributed by atoms with Gasteiger partial charge >= 0.3 is 0 Å². The first-order chi connectivity index (χ1) is 13.8. The molecule has 0 amide bonds. The summed E-state index contributed by atoms with van der Waals surface area (Å²) in [4.78, 5) is 8.68. The fourth-order valence-corrected chi connectivity index (χ4v) is 2.43. The Morgan fingerprint density at radius 1 is 1.14 bits per heavy atom. The molecular weight excluding hydrogens is 372 g/mol. The largest absolute Gasteiger partial charge is 0.491 e. The van der Waals surface area contributed by atoms with Crippen molar-refractivity contribution in [1.82, 2.24) is 20.2 Å². The van der Waals surface area contributed by atoms with Gasteiger partial charge in [0, 0.05) is 35.1 Å². The maximum Gasteiger partial charge on any atom is 0.229 e. The zero-order valence-electron chi connectivity index (χ0n) is 16.7. The summed E-state index contributed by atoms with van der Waals surface area (Å²) in [6.07, 6.45) is 0.728. The molecule has 29 heavy (non-hydrogen) atoms. The summed E-state index contributed by atoms with van der Waals surface area (Å²) in [7, 11) is 0. The van der Waals surface area contributed by atoms with Gasteiger partial charge in [-0.05, 0) is 18.2 Å². The van der Waals surface area contributed by atoms with Gasteiger partial charge in [-0.25, -0.2) is 4.98 Å². The fraction of sp³-hybridized carbons (Fsp3) is 0.350. The van der Waals surface area contributed by atoms with E-state index in [4.69, 9.17) is 9.84 Å². The number of aliphatic hydroxyl groups is 2. The number of nitrogens with one attached hydrogen (secondary N) is 3. The van der Waals surface area contributed by atoms with Crippen molar-refractivity contribution in [3.8, 4) is 5.75 Å². The number of anilines is 4. The molecule has 2 heterocycles. The van der Waals surface area contributed by atoms with E-state index < -0.39 is 6.10 Å². The van der Waals surface area contributed by atoms with Crippen molar-refractivity contribution in [2.24, 2.45) is 0 Å². The lowest BCUT2D eigenvalue weighted by molar-refractivity contribution is 0.0536. The molecule has 0 fully saturated rings. The van der Waals surface area contributed by atoms with Crippen molar-refractivity contribution in [3.05, 3.63) is 48.3 Å². The van der Waals surface area contributed by atoms with Crippen molar-refractivity contribution < 1.29 is 14.9 Å². The Hall–Kier alpha value is -3.17. The van der Waals surface area contributed by atoms with Gasteiger partial charge in [-0.3, -0.25) is 5.10 Å². The zero-order valence-corrected chi connectivity index (χ0v) is 16.7. The van der Waals surface area contributed by atoms with E-state index in [-0.39, 0.29) is 18.6 Å². The van der Waals surface area contributed by atoms with E-state index in [0.29, 0.717) is 23.3 Å². The Morgan fingerprint density at radius 3 is 2.69 bits per heavy atom. The number of nitrogens with zero attached hydrogens (tertiary/aromatic N) is 3. The first kappa shape index (κ1) is 20.6. The lowest BCUT2D eigenvalue weighted by Gasteiger charge is -2.14. The Labute approximate surface area is 169 Å². The molecule has 2 aromatic heterocycles. The smallest absolute Gasteiger partial charge is 0.229 e. The molecule has 0 saturated carbocycles. The van der Waals surface area contributed by atoms with Crippen molar-refractivity contribution in [3.63, 3.8) is 0 Å². The van der Waals surface area contributed by atoms with E-state index >= 15 is 0 Å². The third-order valence-corrected chi connectivity index (χ3v) is 4.04. The van der Waals surface area contributed by atoms with Crippen LogP contribution >= 0.6 is 0 Å². The van der Waals surface area contributed by atoms with Crippen molar-refractivity contribution in [1.29, 1.82) is 0 Å². The molecule has 3 aromatic rings. The van der Waals surface area contributed by atoms with Crippen LogP contribution in [0, 0.1) is 0 Å². The van der Waals surface area contributed by atoms with Crippen LogP contribution in [0.1, 0.15) is 26.5 Å². The molecule has 3 rings (SSSR count). The maximum atomic E-state index is 9.40. The Kier molecular flexibility index (Phi) is 6.30. The van der Waals surface area contributed by atoms with E-state index in [1.807, 2.05) is 18.2 Å². The third-order valence-electron chi connectivity index (χ3n) is 4.04. The van der Waals surface area contributed by atoms with Crippen LogP contribution in [0.3, 0.4) is 0 Å². The van der Waals surface area contributed by atoms with E-state index in [1.54, 1.807) is 24.4 Å². The van der Waals surface area contributed by atoms with Gasteiger partial charge < -0.3 is 25.6 Å². The molecule has 0 aliphatic rings. The second-order valence-corrected chi connectivity index (χ2v) is 7.61. The number of aromatic nitrogens is 4. The van der Waals surface area contributed by atoms with Gasteiger partial charge in [0.15, 0.2) is 5.82 Å². The highest BCUT2D eigenvalue weighted by Crippen LogP contribution is 2.24. The molecule has 9 heteroatoms. The molecule has 5 N–H and O–H groups in total. The van der Waals surface area contributed by atoms with Gasteiger partial charge in [-0.1, -0.05) is 26.8 Å². The van der Waals surface area contributed by atoms with Crippen molar-refractivity contribution in [2.75, 3.05) is 23.8 Å². The number of rotatable bonds is 8. The van der Waals surface area contributed by atoms with Gasteiger partial charge in [-0.2, -0.15) is 10.1 Å². The fourth-order valence-electron chi connectivity index (χ4n) is 2.43. The molecule has 154 valence electrons. The Bertz CT molecular complexity index is 938. The van der Waals surface area contributed by atoms with Gasteiger partial charge in [0.25, 0.3) is 0 Å². The maximum absolute atomic E-state index is 9.40. The number of aliphatic hydroxyl groups excluding tert-OH is 2. The third kappa shape index (κ3) is 5.90. The minimum absolute atomic E-state index is 0.01000. The van der Waals surface area contributed by atoms with Crippen LogP contribution in [-0.2, 0) is 5.41 Å². The second-order valence-electron chi connectivity index (χ2n) is 7.61. The van der Waals surface area contributed by atoms with Gasteiger partial charge in [0.05, 0.1) is 6.61 Å². The first-order valence-corrected chi connectivity index (χ1v) is 9.28. The van der Waals surface area contributed by atoms with Gasteiger partial charge in [-0.15, -0.1) is 0 Å². The minimum atomic E-state index is -0.918. The van der Waals surface area contributed by atoms with E-state index in [9.17, 15) is 5.11 Å². The summed E-state index contributed by atoms with van der Waals surface area (Å²) < 4.78 is 5.45. The molecular formula is C20H26N6O3. The topological polar surface area (TPSA) is 128 Å². The summed E-state index contributed by atoms with van der Waals surface area (Å²) in [5.74, 6) is 2.25. The van der Waals surface area contributed by atoms with Crippen LogP contribution in [-0.4, -0.2) is 49.7 Å². The van der Waals surface area contributed by atoms with Crippen LogP contribution in [0.4, 0.5) is 23.3 Å². The first-order valence-electron chi connectivity index (χ1n) is 9.28. The number of benzene rings is 1. The lowest BCUT2D eigenvalue weighted by Crippen LogP contribution is -2.21. The lowest BCUT2D eigenvalue weighted by atomic mass is 9.92. The monoisotopic (exact) mass is 398 g/mol. The van der Waals surface area contributed by atoms with Gasteiger partial charge in [0.1, 0.15) is 24.3 Å². The molecule has 0 bridgehead atoms. The van der Waals surface area contributed by atoms with Crippen LogP contribution in [0.25, 0.3) is 0 Å². The minimum Gasteiger partial charge on any atom is -0.491 e. The van der Waals surface area contributed by atoms with Crippen molar-refractivity contribution >= 4 is 23.3 Å². The Morgan fingerprint density at radius 2 is 1.97 bits per heavy atom. The predicted octanol–water partition coefficient (Wildman–Crippen LogP) is 2.72. The summed E-state index contributed by atoms with van der Waals surface area (Å²) in [5.41, 5.74) is 1.73. The second kappa shape index (κ2) is 8.89. The summed E-state index contributed by atoms with van der Waals surface area (Å²) in [6, 6.07) is 10.9. The summed E-state index contributed by atoms with van der Waals surface area (Å²) >= 11 is 0. The Balaban J connectivity index is 1.66. The van der Waals surface area contributed by atoms with Crippen LogP contribution in [0.2, 0.25) is 0 Å². The van der Waals surface area contributed by atoms with E-state index in [0.717, 1.165) is 11.4 Å². The zero-order chi connectivity index (χ0) is 20.9. The molecule has 1 unspecified atom stereocenters. The number of H-pyrrole nitrogens is 1. The highest BCUT2D eigenvalue weighted by molar-refractivity contribution is 5.59. The molecule has 1 atom stereocenters. The number of aromatic amines is 1. The molecule has 1 aromatic carbocycles. The average molecular weight is 398 g/mol. The number of ether oxygens (including phenoxy) is 1. The van der Waals surface area contributed by atoms with E-state index in [2.05, 4.69) is 51.6 Å². The highest BCUT2D eigenvalue weighted by Gasteiger charge is 2.16. The number of hydrogen-bond acceptors (Lipinski definition) is 8. The molecule has 0 aliphatic heterocycles. The quantitative estimate of drug-likeness (QED) is 0.392. The SMILES string of the molecule is CC(C)(C)c1cc(Nc2ccnc(Nc3cccc(OCC(O)CO)c3)n2)n[nH]1. The van der Waals surface area contributed by atoms with Crippen LogP contribution in [0.15, 0.2) is 42.6 Å². The molecule has 9 nitrogen and oxygen atoms in total.